The summed E-state index contributed by atoms with van der Waals surface area (Å²) in [5, 5.41) is 5.64. The summed E-state index contributed by atoms with van der Waals surface area (Å²) in [6, 6.07) is 7.13. The number of amides is 3. The molecular weight excluding hydrogens is 390 g/mol. The van der Waals surface area contributed by atoms with Crippen molar-refractivity contribution in [3.8, 4) is 0 Å². The van der Waals surface area contributed by atoms with Gasteiger partial charge in [0.05, 0.1) is 6.04 Å². The Bertz CT molecular complexity index is 814. The van der Waals surface area contributed by atoms with Crippen molar-refractivity contribution in [3.05, 3.63) is 41.5 Å². The second-order valence-corrected chi connectivity index (χ2v) is 9.17. The highest BCUT2D eigenvalue weighted by atomic mass is 16.2. The topological polar surface area (TPSA) is 101 Å². The van der Waals surface area contributed by atoms with Gasteiger partial charge in [-0.05, 0) is 48.3 Å². The lowest BCUT2D eigenvalue weighted by Crippen LogP contribution is -2.45. The van der Waals surface area contributed by atoms with Gasteiger partial charge in [0.25, 0.3) is 0 Å². The number of rotatable bonds is 12. The first-order valence-corrected chi connectivity index (χ1v) is 11.3. The number of urea groups is 1. The molecule has 0 fully saturated rings. The highest BCUT2D eigenvalue weighted by Crippen LogP contribution is 2.31. The molecule has 1 aromatic carbocycles. The lowest BCUT2D eigenvalue weighted by atomic mass is 9.89. The number of carbonyl (C=O) groups excluding carboxylic acids is 3. The maximum Gasteiger partial charge on any atom is 0.312 e. The summed E-state index contributed by atoms with van der Waals surface area (Å²) in [6.07, 6.45) is 5.57. The van der Waals surface area contributed by atoms with Gasteiger partial charge in [0, 0.05) is 24.8 Å². The van der Waals surface area contributed by atoms with E-state index in [2.05, 4.69) is 42.7 Å². The van der Waals surface area contributed by atoms with E-state index in [1.807, 2.05) is 26.0 Å². The molecule has 0 bridgehead atoms. The lowest BCUT2D eigenvalue weighted by Gasteiger charge is -2.25. The number of ketones is 1. The molecule has 1 aromatic rings. The maximum atomic E-state index is 13.2. The predicted octanol–water partition coefficient (Wildman–Crippen LogP) is 3.84. The number of fused-ring (bicyclic) bond motifs is 1. The molecule has 0 saturated carbocycles. The van der Waals surface area contributed by atoms with Crippen LogP contribution in [0.4, 0.5) is 4.79 Å². The number of allylic oxidation sites excluding steroid dienone is 1. The van der Waals surface area contributed by atoms with Crippen LogP contribution < -0.4 is 16.4 Å². The molecule has 170 valence electrons. The molecule has 0 aliphatic heterocycles. The average Bonchev–Trinajstić information content (AvgIpc) is 3.11. The molecule has 0 heterocycles. The second kappa shape index (κ2) is 11.7. The van der Waals surface area contributed by atoms with Crippen LogP contribution >= 0.6 is 0 Å². The van der Waals surface area contributed by atoms with Gasteiger partial charge in [-0.25, -0.2) is 4.79 Å². The van der Waals surface area contributed by atoms with Crippen LogP contribution in [0.25, 0.3) is 5.57 Å². The quantitative estimate of drug-likeness (QED) is 0.442. The highest BCUT2D eigenvalue weighted by molar-refractivity contribution is 5.92. The maximum absolute atomic E-state index is 13.2. The minimum atomic E-state index is -0.558. The van der Waals surface area contributed by atoms with E-state index in [1.165, 1.54) is 11.1 Å². The molecule has 6 nitrogen and oxygen atoms in total. The van der Waals surface area contributed by atoms with Crippen molar-refractivity contribution < 1.29 is 14.4 Å². The Morgan fingerprint density at radius 1 is 1.10 bits per heavy atom. The molecule has 31 heavy (non-hydrogen) atoms. The van der Waals surface area contributed by atoms with Gasteiger partial charge in [0.2, 0.25) is 5.91 Å². The van der Waals surface area contributed by atoms with Gasteiger partial charge in [-0.2, -0.15) is 0 Å². The summed E-state index contributed by atoms with van der Waals surface area (Å²) in [4.78, 5) is 37.0. The first kappa shape index (κ1) is 24.6. The molecule has 2 rings (SSSR count). The Kier molecular flexibility index (Phi) is 9.28. The first-order chi connectivity index (χ1) is 14.7. The second-order valence-electron chi connectivity index (χ2n) is 9.17. The predicted molar refractivity (Wildman–Crippen MR) is 124 cm³/mol. The minimum Gasteiger partial charge on any atom is -0.352 e. The molecule has 0 saturated heterocycles. The summed E-state index contributed by atoms with van der Waals surface area (Å²) in [7, 11) is 0. The smallest absolute Gasteiger partial charge is 0.312 e. The molecular formula is C25H37N3O3. The van der Waals surface area contributed by atoms with E-state index in [-0.39, 0.29) is 23.5 Å². The number of hydrogen-bond acceptors (Lipinski definition) is 3. The fourth-order valence-electron chi connectivity index (χ4n) is 4.17. The van der Waals surface area contributed by atoms with Crippen molar-refractivity contribution in [2.45, 2.75) is 65.8 Å². The van der Waals surface area contributed by atoms with E-state index in [0.29, 0.717) is 31.7 Å². The summed E-state index contributed by atoms with van der Waals surface area (Å²) in [5.74, 6) is -0.0488. The van der Waals surface area contributed by atoms with Crippen LogP contribution in [0.5, 0.6) is 0 Å². The van der Waals surface area contributed by atoms with E-state index in [1.54, 1.807) is 0 Å². The molecule has 1 aliphatic rings. The Balaban J connectivity index is 2.09. The van der Waals surface area contributed by atoms with Gasteiger partial charge in [-0.15, -0.1) is 0 Å². The molecule has 1 aliphatic carbocycles. The van der Waals surface area contributed by atoms with Crippen LogP contribution in [0.2, 0.25) is 0 Å². The normalized spacial score (nSPS) is 14.7. The van der Waals surface area contributed by atoms with Crippen molar-refractivity contribution in [2.75, 3.05) is 6.54 Å². The number of carbonyl (C=O) groups is 3. The molecule has 2 atom stereocenters. The zero-order chi connectivity index (χ0) is 23.0. The third-order valence-electron chi connectivity index (χ3n) is 5.74. The Morgan fingerprint density at radius 2 is 1.81 bits per heavy atom. The Labute approximate surface area is 186 Å². The zero-order valence-corrected chi connectivity index (χ0v) is 19.2. The molecule has 0 unspecified atom stereocenters. The number of nitrogens with one attached hydrogen (secondary N) is 2. The molecule has 0 radical (unpaired) electrons. The van der Waals surface area contributed by atoms with E-state index >= 15 is 0 Å². The molecule has 0 aromatic heterocycles. The van der Waals surface area contributed by atoms with E-state index in [4.69, 9.17) is 5.73 Å². The monoisotopic (exact) mass is 427 g/mol. The van der Waals surface area contributed by atoms with Crippen molar-refractivity contribution in [3.63, 3.8) is 0 Å². The molecule has 4 N–H and O–H groups in total. The van der Waals surface area contributed by atoms with Gasteiger partial charge in [-0.1, -0.05) is 58.0 Å². The van der Waals surface area contributed by atoms with Crippen LogP contribution in [0, 0.1) is 17.8 Å². The van der Waals surface area contributed by atoms with Crippen LogP contribution in [0.15, 0.2) is 30.3 Å². The standard InChI is InChI=1S/C25H37N3O3/c1-16(2)14-20(9-7-13-27-25(26)31)24(30)28-22(23(29)17(3)4)15-19-12-11-18-8-5-6-10-21(18)19/h5-6,8,10,12,16-17,20,22H,7,9,11,13-15H2,1-4H3,(H,28,30)(H3,26,27,31)/t20-,22+/m1/s1. The van der Waals surface area contributed by atoms with Gasteiger partial charge in [-0.3, -0.25) is 9.59 Å². The van der Waals surface area contributed by atoms with Crippen molar-refractivity contribution in [1.82, 2.24) is 10.6 Å². The fraction of sp³-hybridized carbons (Fsp3) is 0.560. The van der Waals surface area contributed by atoms with Crippen LogP contribution in [0.1, 0.15) is 64.5 Å². The van der Waals surface area contributed by atoms with E-state index < -0.39 is 12.1 Å². The summed E-state index contributed by atoms with van der Waals surface area (Å²) < 4.78 is 0. The summed E-state index contributed by atoms with van der Waals surface area (Å²) in [6.45, 7) is 8.35. The lowest BCUT2D eigenvalue weighted by molar-refractivity contribution is -0.131. The number of benzene rings is 1. The Morgan fingerprint density at radius 3 is 2.45 bits per heavy atom. The number of nitrogens with two attached hydrogens (primary N) is 1. The molecule has 3 amide bonds. The van der Waals surface area contributed by atoms with Crippen molar-refractivity contribution in [1.29, 1.82) is 0 Å². The number of hydrogen-bond donors (Lipinski definition) is 3. The third kappa shape index (κ3) is 7.53. The zero-order valence-electron chi connectivity index (χ0n) is 19.2. The van der Waals surface area contributed by atoms with Crippen molar-refractivity contribution >= 4 is 23.3 Å². The third-order valence-corrected chi connectivity index (χ3v) is 5.74. The molecule has 6 heteroatoms. The highest BCUT2D eigenvalue weighted by Gasteiger charge is 2.29. The van der Waals surface area contributed by atoms with Crippen molar-refractivity contribution in [2.24, 2.45) is 23.5 Å². The average molecular weight is 428 g/mol. The number of Topliss-reactive ketones (excluding diaryl/α,β-unsaturated/α-hetero) is 1. The number of primary amides is 1. The van der Waals surface area contributed by atoms with E-state index in [0.717, 1.165) is 18.4 Å². The Hall–Kier alpha value is -2.63. The first-order valence-electron chi connectivity index (χ1n) is 11.3. The SMILES string of the molecule is CC(C)C[C@@H](CCCNC(N)=O)C(=O)N[C@@H](CC1=CCc2ccccc21)C(=O)C(C)C. The minimum absolute atomic E-state index is 0.0531. The van der Waals surface area contributed by atoms with E-state index in [9.17, 15) is 14.4 Å². The fourth-order valence-corrected chi connectivity index (χ4v) is 4.17. The van der Waals surface area contributed by atoms with Gasteiger partial charge < -0.3 is 16.4 Å². The van der Waals surface area contributed by atoms with Gasteiger partial charge in [0.1, 0.15) is 0 Å². The van der Waals surface area contributed by atoms with Gasteiger partial charge >= 0.3 is 6.03 Å². The molecule has 0 spiro atoms. The van der Waals surface area contributed by atoms with Gasteiger partial charge in [0.15, 0.2) is 5.78 Å². The van der Waals surface area contributed by atoms with Crippen LogP contribution in [-0.2, 0) is 16.0 Å². The van der Waals surface area contributed by atoms with Crippen LogP contribution in [-0.4, -0.2) is 30.3 Å². The van der Waals surface area contributed by atoms with Crippen LogP contribution in [0.3, 0.4) is 0 Å². The largest absolute Gasteiger partial charge is 0.352 e. The summed E-state index contributed by atoms with van der Waals surface area (Å²) >= 11 is 0. The summed E-state index contributed by atoms with van der Waals surface area (Å²) in [5.41, 5.74) is 8.68.